The van der Waals surface area contributed by atoms with Gasteiger partial charge in [-0.2, -0.15) is 4.98 Å². The predicted molar refractivity (Wildman–Crippen MR) is 111 cm³/mol. The molecule has 0 bridgehead atoms. The van der Waals surface area contributed by atoms with E-state index in [-0.39, 0.29) is 23.2 Å². The van der Waals surface area contributed by atoms with E-state index in [4.69, 9.17) is 21.9 Å². The largest absolute Gasteiger partial charge is 0.508 e. The van der Waals surface area contributed by atoms with Crippen molar-refractivity contribution < 1.29 is 14.6 Å². The number of hydrogen-bond acceptors (Lipinski definition) is 6. The number of pyridine rings is 1. The molecule has 4 rings (SSSR count). The van der Waals surface area contributed by atoms with Gasteiger partial charge in [0.25, 0.3) is 5.91 Å². The van der Waals surface area contributed by atoms with Gasteiger partial charge < -0.3 is 27.0 Å². The Balaban J connectivity index is 1.97. The molecule has 0 radical (unpaired) electrons. The van der Waals surface area contributed by atoms with Gasteiger partial charge in [0.15, 0.2) is 5.65 Å². The Kier molecular flexibility index (Phi) is 4.38. The van der Waals surface area contributed by atoms with Crippen LogP contribution >= 0.6 is 0 Å². The molecule has 2 unspecified atom stereocenters. The van der Waals surface area contributed by atoms with E-state index in [0.717, 1.165) is 17.5 Å². The van der Waals surface area contributed by atoms with Crippen molar-refractivity contribution in [3.05, 3.63) is 40.5 Å². The van der Waals surface area contributed by atoms with Crippen LogP contribution < -0.4 is 21.9 Å². The summed E-state index contributed by atoms with van der Waals surface area (Å²) in [5.74, 6) is 0.458. The van der Waals surface area contributed by atoms with E-state index in [0.29, 0.717) is 40.7 Å². The van der Waals surface area contributed by atoms with Crippen molar-refractivity contribution in [2.75, 3.05) is 12.3 Å². The number of nitrogen functional groups attached to an aromatic ring is 1. The number of amides is 1. The summed E-state index contributed by atoms with van der Waals surface area (Å²) in [4.78, 5) is 16.9. The summed E-state index contributed by atoms with van der Waals surface area (Å²) >= 11 is 0. The maximum absolute atomic E-state index is 12.2. The maximum atomic E-state index is 12.2. The van der Waals surface area contributed by atoms with Gasteiger partial charge in [0.2, 0.25) is 5.88 Å². The Morgan fingerprint density at radius 1 is 1.31 bits per heavy atom. The molecule has 1 aromatic carbocycles. The number of nitrogens with zero attached hydrogens (tertiary/aromatic N) is 2. The number of nitrogens with two attached hydrogens (primary N) is 3. The molecule has 0 saturated heterocycles. The monoisotopic (exact) mass is 395 g/mol. The van der Waals surface area contributed by atoms with Crippen LogP contribution in [0.4, 0.5) is 5.82 Å². The third kappa shape index (κ3) is 3.05. The van der Waals surface area contributed by atoms with Crippen molar-refractivity contribution in [2.24, 2.45) is 17.4 Å². The fourth-order valence-electron chi connectivity index (χ4n) is 3.75. The van der Waals surface area contributed by atoms with Crippen molar-refractivity contribution in [1.29, 1.82) is 0 Å². The van der Waals surface area contributed by atoms with Gasteiger partial charge in [0.05, 0.1) is 17.9 Å². The summed E-state index contributed by atoms with van der Waals surface area (Å²) in [7, 11) is 0. The predicted octanol–water partition coefficient (Wildman–Crippen LogP) is 2.06. The molecule has 1 aliphatic rings. The van der Waals surface area contributed by atoms with E-state index >= 15 is 0 Å². The van der Waals surface area contributed by atoms with Crippen LogP contribution in [-0.4, -0.2) is 33.2 Å². The number of phenolic OH excluding ortho intramolecular Hbond substituents is 1. The van der Waals surface area contributed by atoms with Crippen LogP contribution in [-0.2, 0) is 0 Å². The first kappa shape index (κ1) is 19.1. The normalized spacial score (nSPS) is 18.2. The number of ether oxygens (including phenoxy) is 1. The number of carbonyl (C=O) groups is 1. The summed E-state index contributed by atoms with van der Waals surface area (Å²) in [6.07, 6.45) is 0.943. The van der Waals surface area contributed by atoms with E-state index in [1.54, 1.807) is 23.6 Å². The van der Waals surface area contributed by atoms with Crippen molar-refractivity contribution in [1.82, 2.24) is 9.55 Å². The number of primary amides is 1. The van der Waals surface area contributed by atoms with Crippen molar-refractivity contribution >= 4 is 22.8 Å². The molecule has 152 valence electrons. The van der Waals surface area contributed by atoms with Crippen LogP contribution in [0.2, 0.25) is 0 Å². The third-order valence-corrected chi connectivity index (χ3v) is 5.61. The van der Waals surface area contributed by atoms with Gasteiger partial charge in [-0.1, -0.05) is 6.07 Å². The fourth-order valence-corrected chi connectivity index (χ4v) is 3.75. The molecule has 2 heterocycles. The molecule has 29 heavy (non-hydrogen) atoms. The number of hydrogen-bond donors (Lipinski definition) is 4. The molecule has 1 fully saturated rings. The average molecular weight is 395 g/mol. The number of carbonyl (C=O) groups excluding carboxylic acids is 1. The molecular weight excluding hydrogens is 370 g/mol. The first-order chi connectivity index (χ1) is 13.7. The van der Waals surface area contributed by atoms with Gasteiger partial charge in [-0.25, -0.2) is 0 Å². The Labute approximate surface area is 168 Å². The Morgan fingerprint density at radius 3 is 2.62 bits per heavy atom. The minimum Gasteiger partial charge on any atom is -0.508 e. The second-order valence-corrected chi connectivity index (χ2v) is 7.79. The van der Waals surface area contributed by atoms with Crippen LogP contribution in [0, 0.1) is 26.7 Å². The van der Waals surface area contributed by atoms with Crippen molar-refractivity contribution in [2.45, 2.75) is 33.2 Å². The second-order valence-electron chi connectivity index (χ2n) is 7.79. The summed E-state index contributed by atoms with van der Waals surface area (Å²) in [6.45, 7) is 6.03. The lowest BCUT2D eigenvalue weighted by Crippen LogP contribution is -2.14. The Morgan fingerprint density at radius 2 is 2.00 bits per heavy atom. The van der Waals surface area contributed by atoms with E-state index in [2.05, 4.69) is 4.98 Å². The quantitative estimate of drug-likeness (QED) is 0.521. The Hall–Kier alpha value is -3.26. The smallest absolute Gasteiger partial charge is 0.253 e. The molecule has 3 aromatic rings. The number of aromatic hydroxyl groups is 1. The lowest BCUT2D eigenvalue weighted by atomic mass is 10.1. The van der Waals surface area contributed by atoms with Crippen molar-refractivity contribution in [3.8, 4) is 17.3 Å². The number of anilines is 1. The molecule has 1 aliphatic carbocycles. The van der Waals surface area contributed by atoms with Crippen LogP contribution in [0.3, 0.4) is 0 Å². The number of fused-ring (bicyclic) bond motifs is 1. The lowest BCUT2D eigenvalue weighted by molar-refractivity contribution is 0.100. The Bertz CT molecular complexity index is 1150. The summed E-state index contributed by atoms with van der Waals surface area (Å²) in [5.41, 5.74) is 21.5. The highest BCUT2D eigenvalue weighted by atomic mass is 16.5. The fraction of sp³-hybridized carbons (Fsp3) is 0.333. The highest BCUT2D eigenvalue weighted by molar-refractivity contribution is 6.11. The van der Waals surface area contributed by atoms with Gasteiger partial charge in [-0.15, -0.1) is 0 Å². The molecule has 2 atom stereocenters. The topological polar surface area (TPSA) is 142 Å². The minimum atomic E-state index is -0.638. The third-order valence-electron chi connectivity index (χ3n) is 5.61. The SMILES string of the molecule is Cc1cc2c(C(N)=O)c(N)n(-c3c(C)ccc(O)c3C)c2nc1OCC1CC1N. The molecule has 1 amide bonds. The molecule has 0 spiro atoms. The summed E-state index contributed by atoms with van der Waals surface area (Å²) in [5, 5.41) is 10.8. The highest BCUT2D eigenvalue weighted by Crippen LogP contribution is 2.37. The molecule has 8 nitrogen and oxygen atoms in total. The summed E-state index contributed by atoms with van der Waals surface area (Å²) in [6, 6.07) is 5.39. The van der Waals surface area contributed by atoms with Gasteiger partial charge >= 0.3 is 0 Å². The van der Waals surface area contributed by atoms with Crippen LogP contribution in [0.1, 0.15) is 33.5 Å². The molecular formula is C21H25N5O3. The number of aromatic nitrogens is 2. The molecule has 1 saturated carbocycles. The standard InChI is InChI=1S/C21H25N5O3/c1-9-4-5-15(27)11(3)17(9)26-18(23)16(19(24)28)13-6-10(2)21(25-20(13)26)29-8-12-7-14(12)22/h4-6,12,14,27H,7-8,22-23H2,1-3H3,(H2,24,28). The number of phenols is 1. The molecule has 2 aromatic heterocycles. The zero-order valence-corrected chi connectivity index (χ0v) is 16.7. The summed E-state index contributed by atoms with van der Waals surface area (Å²) < 4.78 is 7.57. The van der Waals surface area contributed by atoms with E-state index in [1.807, 2.05) is 19.9 Å². The second kappa shape index (κ2) is 6.66. The van der Waals surface area contributed by atoms with E-state index in [1.165, 1.54) is 0 Å². The van der Waals surface area contributed by atoms with Crippen molar-refractivity contribution in [3.63, 3.8) is 0 Å². The molecule has 0 aliphatic heterocycles. The maximum Gasteiger partial charge on any atom is 0.253 e. The lowest BCUT2D eigenvalue weighted by Gasteiger charge is -2.16. The van der Waals surface area contributed by atoms with Crippen LogP contribution in [0.5, 0.6) is 11.6 Å². The number of aryl methyl sites for hydroxylation is 2. The molecule has 8 heteroatoms. The van der Waals surface area contributed by atoms with Crippen LogP contribution in [0.25, 0.3) is 16.7 Å². The minimum absolute atomic E-state index is 0.124. The zero-order valence-electron chi connectivity index (χ0n) is 16.7. The average Bonchev–Trinajstić information content (AvgIpc) is 3.29. The highest BCUT2D eigenvalue weighted by Gasteiger charge is 2.34. The molecule has 7 N–H and O–H groups in total. The van der Waals surface area contributed by atoms with Gasteiger partial charge in [-0.3, -0.25) is 9.36 Å². The zero-order chi connectivity index (χ0) is 21.0. The number of rotatable bonds is 5. The van der Waals surface area contributed by atoms with Gasteiger partial charge in [0.1, 0.15) is 11.6 Å². The first-order valence-corrected chi connectivity index (χ1v) is 9.50. The van der Waals surface area contributed by atoms with E-state index < -0.39 is 5.91 Å². The van der Waals surface area contributed by atoms with Crippen LogP contribution in [0.15, 0.2) is 18.2 Å². The number of benzene rings is 1. The van der Waals surface area contributed by atoms with Gasteiger partial charge in [0, 0.05) is 28.5 Å². The first-order valence-electron chi connectivity index (χ1n) is 9.50. The van der Waals surface area contributed by atoms with E-state index in [9.17, 15) is 9.90 Å². The van der Waals surface area contributed by atoms with Gasteiger partial charge in [-0.05, 0) is 44.9 Å².